The van der Waals surface area contributed by atoms with Gasteiger partial charge in [0.25, 0.3) is 0 Å². The third-order valence-corrected chi connectivity index (χ3v) is 3.06. The molecule has 1 atom stereocenters. The van der Waals surface area contributed by atoms with Crippen molar-refractivity contribution in [2.45, 2.75) is 6.10 Å². The Bertz CT molecular complexity index is 336. The first kappa shape index (κ1) is 13.9. The quantitative estimate of drug-likeness (QED) is 0.793. The molecule has 0 saturated carbocycles. The monoisotopic (exact) mass is 307 g/mol. The maximum absolute atomic E-state index is 9.92. The molecule has 0 aromatic heterocycles. The summed E-state index contributed by atoms with van der Waals surface area (Å²) in [5.41, 5.74) is 0.828. The average Bonchev–Trinajstić information content (AvgIpc) is 2.24. The van der Waals surface area contributed by atoms with Crippen LogP contribution < -0.4 is 5.32 Å². The Kier molecular flexibility index (Phi) is 6.31. The second kappa shape index (κ2) is 7.25. The molecular formula is C11H15BrClNO2. The van der Waals surface area contributed by atoms with Crippen LogP contribution in [0.3, 0.4) is 0 Å². The summed E-state index contributed by atoms with van der Waals surface area (Å²) in [7, 11) is 1.65. The van der Waals surface area contributed by atoms with Gasteiger partial charge in [-0.1, -0.05) is 33.6 Å². The molecule has 0 saturated heterocycles. The van der Waals surface area contributed by atoms with E-state index < -0.39 is 6.10 Å². The van der Waals surface area contributed by atoms with Crippen LogP contribution in [-0.4, -0.2) is 31.9 Å². The number of methoxy groups -OCH3 is 1. The zero-order valence-electron chi connectivity index (χ0n) is 9.04. The molecule has 1 unspecified atom stereocenters. The van der Waals surface area contributed by atoms with Gasteiger partial charge in [-0.05, 0) is 17.7 Å². The summed E-state index contributed by atoms with van der Waals surface area (Å²) in [4.78, 5) is 0. The predicted octanol–water partition coefficient (Wildman–Crippen LogP) is 2.37. The van der Waals surface area contributed by atoms with Gasteiger partial charge in [0.2, 0.25) is 0 Å². The Morgan fingerprint density at radius 1 is 1.56 bits per heavy atom. The summed E-state index contributed by atoms with van der Waals surface area (Å²) in [5.74, 6) is 0. The van der Waals surface area contributed by atoms with Gasteiger partial charge in [-0.25, -0.2) is 0 Å². The van der Waals surface area contributed by atoms with Crippen LogP contribution in [0.15, 0.2) is 22.7 Å². The van der Waals surface area contributed by atoms with Gasteiger partial charge in [0, 0.05) is 29.7 Å². The van der Waals surface area contributed by atoms with E-state index in [1.165, 1.54) is 0 Å². The number of hydrogen-bond acceptors (Lipinski definition) is 3. The molecule has 0 spiro atoms. The molecule has 1 rings (SSSR count). The van der Waals surface area contributed by atoms with Crippen molar-refractivity contribution in [1.29, 1.82) is 0 Å². The summed E-state index contributed by atoms with van der Waals surface area (Å²) in [6, 6.07) is 5.35. The fraction of sp³-hybridized carbons (Fsp3) is 0.455. The zero-order chi connectivity index (χ0) is 12.0. The zero-order valence-corrected chi connectivity index (χ0v) is 11.4. The molecule has 3 nitrogen and oxygen atoms in total. The van der Waals surface area contributed by atoms with Crippen LogP contribution in [-0.2, 0) is 4.74 Å². The highest BCUT2D eigenvalue weighted by Gasteiger charge is 2.10. The van der Waals surface area contributed by atoms with Crippen molar-refractivity contribution in [2.75, 3.05) is 26.8 Å². The molecule has 0 fully saturated rings. The van der Waals surface area contributed by atoms with E-state index in [1.807, 2.05) is 6.07 Å². The lowest BCUT2D eigenvalue weighted by atomic mass is 10.1. The van der Waals surface area contributed by atoms with E-state index in [-0.39, 0.29) is 0 Å². The highest BCUT2D eigenvalue weighted by atomic mass is 79.9. The van der Waals surface area contributed by atoms with Crippen LogP contribution in [0.25, 0.3) is 0 Å². The molecule has 5 heteroatoms. The van der Waals surface area contributed by atoms with Crippen molar-refractivity contribution in [3.63, 3.8) is 0 Å². The van der Waals surface area contributed by atoms with Crippen LogP contribution >= 0.6 is 27.5 Å². The Morgan fingerprint density at radius 2 is 2.31 bits per heavy atom. The molecule has 0 bridgehead atoms. The number of ether oxygens (including phenoxy) is 1. The van der Waals surface area contributed by atoms with Crippen molar-refractivity contribution in [2.24, 2.45) is 0 Å². The van der Waals surface area contributed by atoms with Gasteiger partial charge in [0.15, 0.2) is 0 Å². The maximum Gasteiger partial charge on any atom is 0.0925 e. The van der Waals surface area contributed by atoms with Crippen molar-refractivity contribution in [3.05, 3.63) is 33.3 Å². The third-order valence-electron chi connectivity index (χ3n) is 2.14. The Labute approximate surface area is 109 Å². The van der Waals surface area contributed by atoms with E-state index in [0.29, 0.717) is 18.2 Å². The highest BCUT2D eigenvalue weighted by molar-refractivity contribution is 9.10. The van der Waals surface area contributed by atoms with Gasteiger partial charge >= 0.3 is 0 Å². The summed E-state index contributed by atoms with van der Waals surface area (Å²) >= 11 is 9.20. The van der Waals surface area contributed by atoms with Crippen molar-refractivity contribution in [3.8, 4) is 0 Å². The Hall–Kier alpha value is -0.130. The number of halogens is 2. The molecule has 90 valence electrons. The van der Waals surface area contributed by atoms with E-state index in [4.69, 9.17) is 16.3 Å². The number of aliphatic hydroxyl groups is 1. The second-order valence-electron chi connectivity index (χ2n) is 3.38. The minimum atomic E-state index is -0.552. The highest BCUT2D eigenvalue weighted by Crippen LogP contribution is 2.26. The molecule has 0 aliphatic carbocycles. The van der Waals surface area contributed by atoms with Gasteiger partial charge in [-0.2, -0.15) is 0 Å². The third kappa shape index (κ3) is 4.39. The lowest BCUT2D eigenvalue weighted by Crippen LogP contribution is -2.25. The van der Waals surface area contributed by atoms with Gasteiger partial charge in [0.1, 0.15) is 0 Å². The van der Waals surface area contributed by atoms with Crippen LogP contribution in [0.5, 0.6) is 0 Å². The summed E-state index contributed by atoms with van der Waals surface area (Å²) < 4.78 is 5.72. The Morgan fingerprint density at radius 3 is 2.94 bits per heavy atom. The lowest BCUT2D eigenvalue weighted by molar-refractivity contribution is 0.161. The molecule has 1 aromatic rings. The van der Waals surface area contributed by atoms with Gasteiger partial charge in [0.05, 0.1) is 12.7 Å². The van der Waals surface area contributed by atoms with Crippen LogP contribution in [0.1, 0.15) is 11.7 Å². The van der Waals surface area contributed by atoms with Crippen molar-refractivity contribution < 1.29 is 9.84 Å². The molecule has 0 heterocycles. The SMILES string of the molecule is COCCNCC(O)c1ccc(Cl)cc1Br. The summed E-state index contributed by atoms with van der Waals surface area (Å²) in [6.07, 6.45) is -0.552. The summed E-state index contributed by atoms with van der Waals surface area (Å²) in [6.45, 7) is 1.84. The van der Waals surface area contributed by atoms with E-state index in [2.05, 4.69) is 21.2 Å². The second-order valence-corrected chi connectivity index (χ2v) is 4.67. The first-order chi connectivity index (χ1) is 7.65. The van der Waals surface area contributed by atoms with Crippen LogP contribution in [0.2, 0.25) is 5.02 Å². The van der Waals surface area contributed by atoms with E-state index in [0.717, 1.165) is 16.6 Å². The fourth-order valence-corrected chi connectivity index (χ4v) is 2.24. The average molecular weight is 309 g/mol. The number of hydrogen-bond donors (Lipinski definition) is 2. The van der Waals surface area contributed by atoms with Gasteiger partial charge in [-0.3, -0.25) is 0 Å². The largest absolute Gasteiger partial charge is 0.387 e. The molecule has 16 heavy (non-hydrogen) atoms. The van der Waals surface area contributed by atoms with E-state index in [9.17, 15) is 5.11 Å². The Balaban J connectivity index is 2.49. The molecule has 0 aliphatic rings. The van der Waals surface area contributed by atoms with E-state index in [1.54, 1.807) is 19.2 Å². The number of rotatable bonds is 6. The topological polar surface area (TPSA) is 41.5 Å². The van der Waals surface area contributed by atoms with Crippen molar-refractivity contribution in [1.82, 2.24) is 5.32 Å². The van der Waals surface area contributed by atoms with Crippen LogP contribution in [0, 0.1) is 0 Å². The number of nitrogens with one attached hydrogen (secondary N) is 1. The minimum absolute atomic E-state index is 0.490. The minimum Gasteiger partial charge on any atom is -0.387 e. The number of aliphatic hydroxyl groups excluding tert-OH is 1. The first-order valence-electron chi connectivity index (χ1n) is 4.98. The molecule has 0 aliphatic heterocycles. The molecule has 0 radical (unpaired) electrons. The smallest absolute Gasteiger partial charge is 0.0925 e. The van der Waals surface area contributed by atoms with Gasteiger partial charge < -0.3 is 15.2 Å². The van der Waals surface area contributed by atoms with Crippen LogP contribution in [0.4, 0.5) is 0 Å². The lowest BCUT2D eigenvalue weighted by Gasteiger charge is -2.13. The normalized spacial score (nSPS) is 12.8. The molecule has 2 N–H and O–H groups in total. The predicted molar refractivity (Wildman–Crippen MR) is 68.9 cm³/mol. The molecule has 0 amide bonds. The fourth-order valence-electron chi connectivity index (χ4n) is 1.29. The molecular weight excluding hydrogens is 293 g/mol. The summed E-state index contributed by atoms with van der Waals surface area (Å²) in [5, 5.41) is 13.7. The molecule has 1 aromatic carbocycles. The number of benzene rings is 1. The maximum atomic E-state index is 9.92. The van der Waals surface area contributed by atoms with Gasteiger partial charge in [-0.15, -0.1) is 0 Å². The first-order valence-corrected chi connectivity index (χ1v) is 6.15. The standard InChI is InChI=1S/C11H15BrClNO2/c1-16-5-4-14-7-11(15)9-3-2-8(13)6-10(9)12/h2-3,6,11,14-15H,4-5,7H2,1H3. The van der Waals surface area contributed by atoms with E-state index >= 15 is 0 Å². The van der Waals surface area contributed by atoms with Crippen molar-refractivity contribution >= 4 is 27.5 Å².